The number of carbonyl (C=O) groups is 1. The van der Waals surface area contributed by atoms with Crippen LogP contribution in [0.25, 0.3) is 5.00 Å². The zero-order chi connectivity index (χ0) is 19.4. The summed E-state index contributed by atoms with van der Waals surface area (Å²) in [6, 6.07) is 11.1. The van der Waals surface area contributed by atoms with Gasteiger partial charge in [-0.05, 0) is 57.5 Å². The molecule has 0 saturated heterocycles. The average Bonchev–Trinajstić information content (AvgIpc) is 3.26. The largest absolute Gasteiger partial charge is 0.492 e. The van der Waals surface area contributed by atoms with E-state index in [1.807, 2.05) is 62.6 Å². The summed E-state index contributed by atoms with van der Waals surface area (Å²) >= 11 is 1.74. The van der Waals surface area contributed by atoms with E-state index in [1.54, 1.807) is 11.3 Å². The summed E-state index contributed by atoms with van der Waals surface area (Å²) in [5.41, 5.74) is 3.01. The molecule has 5 nitrogen and oxygen atoms in total. The van der Waals surface area contributed by atoms with Crippen LogP contribution in [-0.2, 0) is 0 Å². The van der Waals surface area contributed by atoms with Crippen molar-refractivity contribution in [3.63, 3.8) is 0 Å². The number of para-hydroxylation sites is 2. The molecule has 1 atom stereocenters. The molecule has 0 fully saturated rings. The smallest absolute Gasteiger partial charge is 0.319 e. The Labute approximate surface area is 164 Å². The highest BCUT2D eigenvalue weighted by Gasteiger charge is 2.21. The predicted molar refractivity (Wildman–Crippen MR) is 111 cm³/mol. The number of rotatable bonds is 6. The second kappa shape index (κ2) is 8.31. The zero-order valence-electron chi connectivity index (χ0n) is 16.1. The molecule has 2 aromatic heterocycles. The first-order valence-electron chi connectivity index (χ1n) is 9.03. The molecule has 0 aliphatic heterocycles. The molecule has 0 bridgehead atoms. The number of amides is 2. The fourth-order valence-electron chi connectivity index (χ4n) is 3.08. The van der Waals surface area contributed by atoms with E-state index in [2.05, 4.69) is 29.0 Å². The number of nitrogens with one attached hydrogen (secondary N) is 2. The van der Waals surface area contributed by atoms with Crippen LogP contribution < -0.4 is 15.4 Å². The van der Waals surface area contributed by atoms with Gasteiger partial charge in [-0.3, -0.25) is 0 Å². The molecular weight excluding hydrogens is 358 g/mol. The second-order valence-electron chi connectivity index (χ2n) is 6.34. The summed E-state index contributed by atoms with van der Waals surface area (Å²) in [5, 5.41) is 7.09. The summed E-state index contributed by atoms with van der Waals surface area (Å²) in [5.74, 6) is 0.665. The van der Waals surface area contributed by atoms with Crippen LogP contribution in [0.5, 0.6) is 5.75 Å². The minimum absolute atomic E-state index is 0.133. The van der Waals surface area contributed by atoms with Crippen molar-refractivity contribution in [1.29, 1.82) is 0 Å². The van der Waals surface area contributed by atoms with Gasteiger partial charge < -0.3 is 19.9 Å². The number of aromatic nitrogens is 1. The molecule has 27 heavy (non-hydrogen) atoms. The van der Waals surface area contributed by atoms with Crippen molar-refractivity contribution >= 4 is 23.1 Å². The lowest BCUT2D eigenvalue weighted by atomic mass is 10.1. The van der Waals surface area contributed by atoms with Gasteiger partial charge in [0.05, 0.1) is 18.3 Å². The number of benzene rings is 1. The number of hydrogen-bond donors (Lipinski definition) is 2. The van der Waals surface area contributed by atoms with Crippen LogP contribution in [0.1, 0.15) is 35.9 Å². The third kappa shape index (κ3) is 4.17. The summed E-state index contributed by atoms with van der Waals surface area (Å²) in [4.78, 5) is 13.8. The molecule has 0 aliphatic carbocycles. The van der Waals surface area contributed by atoms with Gasteiger partial charge in [0.1, 0.15) is 10.8 Å². The Hall–Kier alpha value is -2.73. The SMILES string of the molecule is CCOc1ccccc1NC(=O)NC(C)c1c(-n2cccc2)sc(C)c1C. The van der Waals surface area contributed by atoms with Crippen molar-refractivity contribution in [2.24, 2.45) is 0 Å². The van der Waals surface area contributed by atoms with Crippen molar-refractivity contribution in [1.82, 2.24) is 9.88 Å². The number of urea groups is 1. The maximum Gasteiger partial charge on any atom is 0.319 e. The third-order valence-electron chi connectivity index (χ3n) is 4.47. The lowest BCUT2D eigenvalue weighted by molar-refractivity contribution is 0.249. The number of hydrogen-bond acceptors (Lipinski definition) is 3. The summed E-state index contributed by atoms with van der Waals surface area (Å²) in [7, 11) is 0. The lowest BCUT2D eigenvalue weighted by Crippen LogP contribution is -2.31. The average molecular weight is 384 g/mol. The Bertz CT molecular complexity index is 916. The van der Waals surface area contributed by atoms with Crippen LogP contribution >= 0.6 is 11.3 Å². The highest BCUT2D eigenvalue weighted by Crippen LogP contribution is 2.35. The van der Waals surface area contributed by atoms with Gasteiger partial charge in [0.15, 0.2) is 0 Å². The molecular formula is C21H25N3O2S. The number of aryl methyl sites for hydroxylation is 1. The number of ether oxygens (including phenoxy) is 1. The Morgan fingerprint density at radius 1 is 1.19 bits per heavy atom. The highest BCUT2D eigenvalue weighted by atomic mass is 32.1. The van der Waals surface area contributed by atoms with Crippen LogP contribution in [0.2, 0.25) is 0 Å². The third-order valence-corrected chi connectivity index (χ3v) is 5.70. The fourth-order valence-corrected chi connectivity index (χ4v) is 4.30. The Kier molecular flexibility index (Phi) is 5.86. The number of carbonyl (C=O) groups excluding carboxylic acids is 1. The normalized spacial score (nSPS) is 11.9. The molecule has 0 radical (unpaired) electrons. The quantitative estimate of drug-likeness (QED) is 0.596. The molecule has 6 heteroatoms. The van der Waals surface area contributed by atoms with Gasteiger partial charge >= 0.3 is 6.03 Å². The Balaban J connectivity index is 1.78. The van der Waals surface area contributed by atoms with Crippen LogP contribution in [0.4, 0.5) is 10.5 Å². The van der Waals surface area contributed by atoms with E-state index in [0.717, 1.165) is 10.6 Å². The van der Waals surface area contributed by atoms with Gasteiger partial charge in [0.25, 0.3) is 0 Å². The Morgan fingerprint density at radius 3 is 2.59 bits per heavy atom. The van der Waals surface area contributed by atoms with Crippen LogP contribution in [0.15, 0.2) is 48.8 Å². The topological polar surface area (TPSA) is 55.3 Å². The lowest BCUT2D eigenvalue weighted by Gasteiger charge is -2.18. The molecule has 0 saturated carbocycles. The minimum atomic E-state index is -0.253. The van der Waals surface area contributed by atoms with E-state index in [1.165, 1.54) is 10.4 Å². The van der Waals surface area contributed by atoms with Gasteiger partial charge in [-0.15, -0.1) is 11.3 Å². The van der Waals surface area contributed by atoms with Gasteiger partial charge in [-0.2, -0.15) is 0 Å². The molecule has 0 aliphatic rings. The number of thiophene rings is 1. The first-order chi connectivity index (χ1) is 13.0. The molecule has 2 heterocycles. The second-order valence-corrected chi connectivity index (χ2v) is 7.54. The van der Waals surface area contributed by atoms with Gasteiger partial charge in [0, 0.05) is 22.8 Å². The zero-order valence-corrected chi connectivity index (χ0v) is 16.9. The van der Waals surface area contributed by atoms with E-state index < -0.39 is 0 Å². The molecule has 0 spiro atoms. The monoisotopic (exact) mass is 383 g/mol. The summed E-state index contributed by atoms with van der Waals surface area (Å²) < 4.78 is 7.67. The molecule has 1 aromatic carbocycles. The van der Waals surface area contributed by atoms with Crippen LogP contribution in [0.3, 0.4) is 0 Å². The first-order valence-corrected chi connectivity index (χ1v) is 9.85. The maximum atomic E-state index is 12.6. The summed E-state index contributed by atoms with van der Waals surface area (Å²) in [6.07, 6.45) is 4.05. The maximum absolute atomic E-state index is 12.6. The molecule has 142 valence electrons. The highest BCUT2D eigenvalue weighted by molar-refractivity contribution is 7.14. The molecule has 1 unspecified atom stereocenters. The van der Waals surface area contributed by atoms with E-state index >= 15 is 0 Å². The van der Waals surface area contributed by atoms with E-state index in [-0.39, 0.29) is 12.1 Å². The predicted octanol–water partition coefficient (Wildman–Crippen LogP) is 5.44. The number of nitrogens with zero attached hydrogens (tertiary/aromatic N) is 1. The molecule has 3 aromatic rings. The first kappa shape index (κ1) is 19.0. The van der Waals surface area contributed by atoms with Crippen molar-refractivity contribution in [2.75, 3.05) is 11.9 Å². The van der Waals surface area contributed by atoms with Crippen LogP contribution in [-0.4, -0.2) is 17.2 Å². The van der Waals surface area contributed by atoms with E-state index in [9.17, 15) is 4.79 Å². The van der Waals surface area contributed by atoms with Crippen molar-refractivity contribution < 1.29 is 9.53 Å². The standard InChI is InChI=1S/C21H25N3O2S/c1-5-26-18-11-7-6-10-17(18)23-21(25)22-15(3)19-14(2)16(4)27-20(19)24-12-8-9-13-24/h6-13,15H,5H2,1-4H3,(H2,22,23,25). The van der Waals surface area contributed by atoms with Crippen LogP contribution in [0, 0.1) is 13.8 Å². The molecule has 3 rings (SSSR count). The van der Waals surface area contributed by atoms with Gasteiger partial charge in [0.2, 0.25) is 0 Å². The van der Waals surface area contributed by atoms with Crippen molar-refractivity contribution in [3.8, 4) is 10.8 Å². The van der Waals surface area contributed by atoms with Crippen molar-refractivity contribution in [2.45, 2.75) is 33.7 Å². The van der Waals surface area contributed by atoms with E-state index in [0.29, 0.717) is 18.0 Å². The number of anilines is 1. The van der Waals surface area contributed by atoms with Crippen molar-refractivity contribution in [3.05, 3.63) is 64.8 Å². The summed E-state index contributed by atoms with van der Waals surface area (Å²) in [6.45, 7) is 8.69. The fraction of sp³-hybridized carbons (Fsp3) is 0.286. The Morgan fingerprint density at radius 2 is 1.89 bits per heavy atom. The van der Waals surface area contributed by atoms with E-state index in [4.69, 9.17) is 4.74 Å². The van der Waals surface area contributed by atoms with Gasteiger partial charge in [-0.25, -0.2) is 4.79 Å². The molecule has 2 N–H and O–H groups in total. The van der Waals surface area contributed by atoms with Gasteiger partial charge in [-0.1, -0.05) is 12.1 Å². The minimum Gasteiger partial charge on any atom is -0.492 e. The molecule has 2 amide bonds.